The van der Waals surface area contributed by atoms with Crippen LogP contribution in [0.2, 0.25) is 0 Å². The maximum atomic E-state index is 3.82. The second-order valence-electron chi connectivity index (χ2n) is 11.7. The molecule has 0 saturated carbocycles. The molecule has 0 saturated heterocycles. The summed E-state index contributed by atoms with van der Waals surface area (Å²) >= 11 is 1.55. The van der Waals surface area contributed by atoms with E-state index in [4.69, 9.17) is 0 Å². The van der Waals surface area contributed by atoms with Crippen LogP contribution in [0.3, 0.4) is 0 Å². The summed E-state index contributed by atoms with van der Waals surface area (Å²) in [4.78, 5) is 0. The molecule has 0 radical (unpaired) electrons. The van der Waals surface area contributed by atoms with Gasteiger partial charge in [0.05, 0.1) is 0 Å². The second kappa shape index (κ2) is 18.2. The van der Waals surface area contributed by atoms with Gasteiger partial charge in [-0.25, -0.2) is 6.08 Å². The average Bonchev–Trinajstić information content (AvgIpc) is 3.67. The van der Waals surface area contributed by atoms with Crippen LogP contribution in [0.15, 0.2) is 122 Å². The van der Waals surface area contributed by atoms with E-state index in [0.717, 1.165) is 31.2 Å². The van der Waals surface area contributed by atoms with Crippen LogP contribution in [0.4, 0.5) is 0 Å². The third-order valence-electron chi connectivity index (χ3n) is 7.40. The van der Waals surface area contributed by atoms with Crippen LogP contribution in [0.5, 0.6) is 0 Å². The van der Waals surface area contributed by atoms with E-state index in [1.165, 1.54) is 44.5 Å². The van der Waals surface area contributed by atoms with Gasteiger partial charge in [0.25, 0.3) is 0 Å². The molecule has 3 heteroatoms. The molecular weight excluding hydrogens is 655 g/mol. The molecule has 6 rings (SSSR count). The van der Waals surface area contributed by atoms with Gasteiger partial charge in [0.15, 0.2) is 0 Å². The Morgan fingerprint density at radius 2 is 1.36 bits per heavy atom. The summed E-state index contributed by atoms with van der Waals surface area (Å²) < 4.78 is 1.60. The van der Waals surface area contributed by atoms with Crippen LogP contribution in [0.25, 0.3) is 23.3 Å². The molecule has 0 unspecified atom stereocenters. The molecule has 0 aromatic heterocycles. The molecule has 0 bridgehead atoms. The normalized spacial score (nSPS) is 12.0. The zero-order valence-electron chi connectivity index (χ0n) is 26.0. The van der Waals surface area contributed by atoms with Gasteiger partial charge in [-0.3, -0.25) is 6.08 Å². The zero-order chi connectivity index (χ0) is 30.0. The van der Waals surface area contributed by atoms with E-state index in [0.29, 0.717) is 5.41 Å². The molecule has 0 aliphatic heterocycles. The van der Waals surface area contributed by atoms with E-state index < -0.39 is 0 Å². The van der Waals surface area contributed by atoms with Crippen molar-refractivity contribution in [2.75, 3.05) is 0 Å². The Balaban J connectivity index is 0.000000235. The monoisotopic (exact) mass is 692 g/mol. The first-order valence-electron chi connectivity index (χ1n) is 14.6. The van der Waals surface area contributed by atoms with Crippen LogP contribution in [0.1, 0.15) is 60.6 Å². The molecule has 224 valence electrons. The van der Waals surface area contributed by atoms with Gasteiger partial charge in [-0.2, -0.15) is 35.4 Å². The molecule has 0 N–H and O–H groups in total. The summed E-state index contributed by atoms with van der Waals surface area (Å²) in [5, 5.41) is 0. The molecule has 0 spiro atoms. The van der Waals surface area contributed by atoms with Crippen LogP contribution in [0, 0.1) is 17.6 Å². The molecular formula is C41H40Cl2Zr-2. The third kappa shape index (κ3) is 11.0. The first-order valence-corrected chi connectivity index (χ1v) is 15.8. The number of rotatable bonds is 6. The van der Waals surface area contributed by atoms with Gasteiger partial charge in [-0.15, -0.1) is 30.2 Å². The Morgan fingerprint density at radius 3 is 1.84 bits per heavy atom. The maximum absolute atomic E-state index is 3.82. The Labute approximate surface area is 292 Å². The number of hydrogen-bond acceptors (Lipinski definition) is 0. The Hall–Kier alpha value is -2.83. The predicted molar refractivity (Wildman–Crippen MR) is 179 cm³/mol. The van der Waals surface area contributed by atoms with E-state index in [-0.39, 0.29) is 24.8 Å². The third-order valence-corrected chi connectivity index (χ3v) is 8.27. The van der Waals surface area contributed by atoms with Gasteiger partial charge in [-0.1, -0.05) is 68.2 Å². The Kier molecular flexibility index (Phi) is 15.5. The van der Waals surface area contributed by atoms with Crippen molar-refractivity contribution in [2.45, 2.75) is 46.5 Å². The molecule has 4 aromatic rings. The fraction of sp³-hybridized carbons (Fsp3) is 0.195. The van der Waals surface area contributed by atoms with Crippen molar-refractivity contribution in [1.82, 2.24) is 0 Å². The van der Waals surface area contributed by atoms with Crippen molar-refractivity contribution >= 4 is 15.4 Å². The number of halogens is 2. The molecule has 0 atom stereocenters. The molecule has 0 fully saturated rings. The fourth-order valence-electron chi connectivity index (χ4n) is 5.03. The van der Waals surface area contributed by atoms with Gasteiger partial charge in [0.2, 0.25) is 0 Å². The van der Waals surface area contributed by atoms with Crippen LogP contribution >= 0.6 is 0 Å². The summed E-state index contributed by atoms with van der Waals surface area (Å²) in [7, 11) is 0. The molecule has 0 nitrogen and oxygen atoms in total. The molecule has 2 aliphatic rings. The van der Waals surface area contributed by atoms with Crippen molar-refractivity contribution in [2.24, 2.45) is 5.41 Å². The number of benzene rings is 4. The summed E-state index contributed by atoms with van der Waals surface area (Å²) in [5.74, 6) is 0. The van der Waals surface area contributed by atoms with Crippen molar-refractivity contribution < 1.29 is 49.0 Å². The van der Waals surface area contributed by atoms with E-state index in [9.17, 15) is 0 Å². The van der Waals surface area contributed by atoms with Gasteiger partial charge in [-0.05, 0) is 12.0 Å². The molecule has 2 aliphatic carbocycles. The summed E-state index contributed by atoms with van der Waals surface area (Å²) in [6.45, 7) is 14.3. The summed E-state index contributed by atoms with van der Waals surface area (Å²) in [5.41, 5.74) is 12.1. The van der Waals surface area contributed by atoms with Gasteiger partial charge >= 0.3 is 112 Å². The fourth-order valence-corrected chi connectivity index (χ4v) is 6.03. The van der Waals surface area contributed by atoms with E-state index in [2.05, 4.69) is 143 Å². The van der Waals surface area contributed by atoms with Crippen molar-refractivity contribution in [3.63, 3.8) is 0 Å². The predicted octanol–water partition coefficient (Wildman–Crippen LogP) is 4.26. The quantitative estimate of drug-likeness (QED) is 0.233. The van der Waals surface area contributed by atoms with Crippen LogP contribution in [-0.4, -0.2) is 3.21 Å². The first-order chi connectivity index (χ1) is 20.3. The molecule has 4 aromatic carbocycles. The minimum absolute atomic E-state index is 0. The number of fused-ring (bicyclic) bond motifs is 3. The average molecular weight is 695 g/mol. The Morgan fingerprint density at radius 1 is 0.795 bits per heavy atom. The van der Waals surface area contributed by atoms with Gasteiger partial charge < -0.3 is 24.8 Å². The van der Waals surface area contributed by atoms with Gasteiger partial charge in [0.1, 0.15) is 0 Å². The van der Waals surface area contributed by atoms with Crippen molar-refractivity contribution in [1.29, 1.82) is 0 Å². The van der Waals surface area contributed by atoms with Crippen LogP contribution < -0.4 is 24.8 Å². The van der Waals surface area contributed by atoms with E-state index in [1.54, 1.807) is 27.4 Å². The summed E-state index contributed by atoms with van der Waals surface area (Å²) in [6, 6.07) is 35.5. The molecule has 0 amide bonds. The van der Waals surface area contributed by atoms with E-state index >= 15 is 0 Å². The molecule has 0 heterocycles. The van der Waals surface area contributed by atoms with E-state index in [1.807, 2.05) is 18.2 Å². The van der Waals surface area contributed by atoms with Crippen LogP contribution in [-0.2, 0) is 43.5 Å². The van der Waals surface area contributed by atoms with Crippen molar-refractivity contribution in [3.8, 4) is 11.1 Å². The number of hydrogen-bond donors (Lipinski definition) is 0. The number of allylic oxidation sites excluding steroid dienone is 4. The zero-order valence-corrected chi connectivity index (χ0v) is 29.9. The molecule has 44 heavy (non-hydrogen) atoms. The second-order valence-corrected chi connectivity index (χ2v) is 13.5. The van der Waals surface area contributed by atoms with Gasteiger partial charge in [0, 0.05) is 0 Å². The first kappa shape index (κ1) is 37.4. The summed E-state index contributed by atoms with van der Waals surface area (Å²) in [6.07, 6.45) is 15.5. The minimum atomic E-state index is 0. The SMILES string of the molecule is C=Cc1c[c-]c2c(c1)-c1cc(C=C)ccc1C2.CC(C)(C)C1=CC[C-]=C1.[Cl-].[Cl-].[Zr+2]=[C](Cc1ccccc1)Cc1ccccc1. The van der Waals surface area contributed by atoms with Crippen molar-refractivity contribution in [3.05, 3.63) is 167 Å². The topological polar surface area (TPSA) is 0 Å². The standard InChI is InChI=1S/C17H13.C15H14.C9H13.2ClH.Zr/c1-3-12-5-7-14-11-15-8-6-13(4-2)10-17(15)16(14)9-12;1-3-8-14(9-4-1)12-7-13-15-10-5-2-6-11-15;1-9(2,3)8-6-4-5-7-8;;;/h3-7,9-10H,1-2,11H2;1-6,8-11H,12-13H2;6-7H,4H2,1-3H3;2*1H;/q-1;;-1;;;+2/p-2. The Bertz CT molecular complexity index is 1490.